The lowest BCUT2D eigenvalue weighted by molar-refractivity contribution is -0.115. The third kappa shape index (κ3) is 1.64. The molecule has 1 aliphatic heterocycles. The van der Waals surface area contributed by atoms with Crippen molar-refractivity contribution in [2.75, 3.05) is 11.9 Å². The molecule has 3 rings (SSSR count). The summed E-state index contributed by atoms with van der Waals surface area (Å²) >= 11 is 0. The number of amides is 1. The molecule has 18 heavy (non-hydrogen) atoms. The summed E-state index contributed by atoms with van der Waals surface area (Å²) in [5, 5.41) is 12.4. The molecular formula is C14H18N2O2. The van der Waals surface area contributed by atoms with Crippen molar-refractivity contribution in [2.45, 2.75) is 31.7 Å². The highest BCUT2D eigenvalue weighted by atomic mass is 16.3. The van der Waals surface area contributed by atoms with E-state index in [-0.39, 0.29) is 24.0 Å². The Morgan fingerprint density at radius 3 is 2.83 bits per heavy atom. The summed E-state index contributed by atoms with van der Waals surface area (Å²) in [7, 11) is 0. The molecule has 1 atom stereocenters. The number of aliphatic hydroxyl groups is 1. The third-order valence-corrected chi connectivity index (χ3v) is 4.44. The SMILES string of the molecule is NC(c1ccc2c(c1)CC(=O)N2)C1(CO)CCC1. The first-order valence-electron chi connectivity index (χ1n) is 6.44. The number of benzene rings is 1. The van der Waals surface area contributed by atoms with Gasteiger partial charge >= 0.3 is 0 Å². The Morgan fingerprint density at radius 2 is 2.22 bits per heavy atom. The van der Waals surface area contributed by atoms with Crippen LogP contribution in [0.25, 0.3) is 0 Å². The molecule has 0 aromatic heterocycles. The molecule has 0 bridgehead atoms. The van der Waals surface area contributed by atoms with Crippen LogP contribution in [-0.4, -0.2) is 17.6 Å². The van der Waals surface area contributed by atoms with Gasteiger partial charge in [0.25, 0.3) is 0 Å². The van der Waals surface area contributed by atoms with Crippen LogP contribution in [0.4, 0.5) is 5.69 Å². The first-order chi connectivity index (χ1) is 8.64. The number of carbonyl (C=O) groups excluding carboxylic acids is 1. The number of rotatable bonds is 3. The minimum absolute atomic E-state index is 0.0382. The number of carbonyl (C=O) groups is 1. The molecule has 1 aromatic rings. The van der Waals surface area contributed by atoms with Crippen LogP contribution in [0.15, 0.2) is 18.2 Å². The standard InChI is InChI=1S/C14H18N2O2/c15-13(14(8-17)4-1-5-14)9-2-3-11-10(6-9)7-12(18)16-11/h2-3,6,13,17H,1,4-5,7-8,15H2,(H,16,18). The highest BCUT2D eigenvalue weighted by Gasteiger charge is 2.42. The molecule has 1 saturated carbocycles. The average Bonchev–Trinajstić information content (AvgIpc) is 2.67. The van der Waals surface area contributed by atoms with Crippen LogP contribution in [0, 0.1) is 5.41 Å². The minimum atomic E-state index is -0.149. The summed E-state index contributed by atoms with van der Waals surface area (Å²) in [5.74, 6) is 0.0382. The zero-order valence-corrected chi connectivity index (χ0v) is 10.3. The van der Waals surface area contributed by atoms with E-state index in [4.69, 9.17) is 5.73 Å². The fraction of sp³-hybridized carbons (Fsp3) is 0.500. The van der Waals surface area contributed by atoms with Crippen molar-refractivity contribution in [1.82, 2.24) is 0 Å². The first kappa shape index (κ1) is 11.7. The predicted molar refractivity (Wildman–Crippen MR) is 69.1 cm³/mol. The highest BCUT2D eigenvalue weighted by molar-refractivity contribution is 5.99. The van der Waals surface area contributed by atoms with Crippen LogP contribution in [-0.2, 0) is 11.2 Å². The molecule has 0 saturated heterocycles. The molecule has 1 amide bonds. The summed E-state index contributed by atoms with van der Waals surface area (Å²) in [4.78, 5) is 11.3. The van der Waals surface area contributed by atoms with Crippen LogP contribution in [0.5, 0.6) is 0 Å². The Bertz CT molecular complexity index is 489. The van der Waals surface area contributed by atoms with Crippen LogP contribution in [0.3, 0.4) is 0 Å². The van der Waals surface area contributed by atoms with Crippen molar-refractivity contribution in [1.29, 1.82) is 0 Å². The Labute approximate surface area is 106 Å². The number of nitrogens with one attached hydrogen (secondary N) is 1. The molecule has 2 aliphatic rings. The summed E-state index contributed by atoms with van der Waals surface area (Å²) < 4.78 is 0. The fourth-order valence-electron chi connectivity index (χ4n) is 2.99. The zero-order chi connectivity index (χ0) is 12.8. The van der Waals surface area contributed by atoms with E-state index in [1.54, 1.807) is 0 Å². The van der Waals surface area contributed by atoms with Gasteiger partial charge in [-0.05, 0) is 30.0 Å². The van der Waals surface area contributed by atoms with E-state index in [1.807, 2.05) is 18.2 Å². The van der Waals surface area contributed by atoms with Gasteiger partial charge in [-0.15, -0.1) is 0 Å². The Kier molecular flexibility index (Phi) is 2.64. The number of anilines is 1. The number of fused-ring (bicyclic) bond motifs is 1. The van der Waals surface area contributed by atoms with Crippen LogP contribution >= 0.6 is 0 Å². The molecule has 0 spiro atoms. The van der Waals surface area contributed by atoms with Gasteiger partial charge in [-0.3, -0.25) is 4.79 Å². The van der Waals surface area contributed by atoms with Crippen molar-refractivity contribution >= 4 is 11.6 Å². The van der Waals surface area contributed by atoms with Crippen molar-refractivity contribution in [2.24, 2.45) is 11.1 Å². The quantitative estimate of drug-likeness (QED) is 0.753. The molecule has 1 heterocycles. The number of hydrogen-bond acceptors (Lipinski definition) is 3. The maximum atomic E-state index is 11.3. The molecule has 1 unspecified atom stereocenters. The van der Waals surface area contributed by atoms with Gasteiger partial charge in [-0.25, -0.2) is 0 Å². The maximum Gasteiger partial charge on any atom is 0.228 e. The Hall–Kier alpha value is -1.39. The Morgan fingerprint density at radius 1 is 1.44 bits per heavy atom. The molecule has 1 aliphatic carbocycles. The van der Waals surface area contributed by atoms with Crippen molar-refractivity contribution in [3.8, 4) is 0 Å². The molecule has 1 aromatic carbocycles. The van der Waals surface area contributed by atoms with Crippen molar-refractivity contribution < 1.29 is 9.90 Å². The largest absolute Gasteiger partial charge is 0.396 e. The van der Waals surface area contributed by atoms with Gasteiger partial charge in [-0.2, -0.15) is 0 Å². The third-order valence-electron chi connectivity index (χ3n) is 4.44. The van der Waals surface area contributed by atoms with Gasteiger partial charge in [0.15, 0.2) is 0 Å². The second-order valence-electron chi connectivity index (χ2n) is 5.49. The highest BCUT2D eigenvalue weighted by Crippen LogP contribution is 2.49. The number of hydrogen-bond donors (Lipinski definition) is 3. The first-order valence-corrected chi connectivity index (χ1v) is 6.44. The lowest BCUT2D eigenvalue weighted by atomic mass is 9.63. The maximum absolute atomic E-state index is 11.3. The van der Waals surface area contributed by atoms with E-state index < -0.39 is 0 Å². The van der Waals surface area contributed by atoms with Crippen LogP contribution < -0.4 is 11.1 Å². The second-order valence-corrected chi connectivity index (χ2v) is 5.49. The van der Waals surface area contributed by atoms with E-state index in [2.05, 4.69) is 5.32 Å². The number of aliphatic hydroxyl groups excluding tert-OH is 1. The van der Waals surface area contributed by atoms with Crippen molar-refractivity contribution in [3.05, 3.63) is 29.3 Å². The summed E-state index contributed by atoms with van der Waals surface area (Å²) in [5.41, 5.74) is 9.09. The van der Waals surface area contributed by atoms with Gasteiger partial charge in [0.05, 0.1) is 13.0 Å². The van der Waals surface area contributed by atoms with E-state index in [0.29, 0.717) is 6.42 Å². The van der Waals surface area contributed by atoms with Gasteiger partial charge in [0, 0.05) is 17.1 Å². The summed E-state index contributed by atoms with van der Waals surface area (Å²) in [6, 6.07) is 5.75. The fourth-order valence-corrected chi connectivity index (χ4v) is 2.99. The minimum Gasteiger partial charge on any atom is -0.396 e. The van der Waals surface area contributed by atoms with E-state index in [9.17, 15) is 9.90 Å². The van der Waals surface area contributed by atoms with Gasteiger partial charge in [0.2, 0.25) is 5.91 Å². The Balaban J connectivity index is 1.89. The molecule has 0 radical (unpaired) electrons. The van der Waals surface area contributed by atoms with Gasteiger partial charge in [0.1, 0.15) is 0 Å². The zero-order valence-electron chi connectivity index (χ0n) is 10.3. The lowest BCUT2D eigenvalue weighted by Crippen LogP contribution is -2.43. The topological polar surface area (TPSA) is 75.4 Å². The van der Waals surface area contributed by atoms with Crippen molar-refractivity contribution in [3.63, 3.8) is 0 Å². The molecule has 96 valence electrons. The molecule has 4 heteroatoms. The molecule has 4 N–H and O–H groups in total. The van der Waals surface area contributed by atoms with Gasteiger partial charge < -0.3 is 16.2 Å². The van der Waals surface area contributed by atoms with Crippen LogP contribution in [0.1, 0.15) is 36.4 Å². The lowest BCUT2D eigenvalue weighted by Gasteiger charge is -2.45. The predicted octanol–water partition coefficient (Wildman–Crippen LogP) is 1.34. The van der Waals surface area contributed by atoms with Gasteiger partial charge in [-0.1, -0.05) is 18.6 Å². The molecular weight excluding hydrogens is 228 g/mol. The summed E-state index contributed by atoms with van der Waals surface area (Å²) in [6.45, 7) is 0.141. The van der Waals surface area contributed by atoms with E-state index >= 15 is 0 Å². The van der Waals surface area contributed by atoms with E-state index in [1.165, 1.54) is 0 Å². The number of nitrogens with two attached hydrogens (primary N) is 1. The normalized spacial score (nSPS) is 22.0. The summed E-state index contributed by atoms with van der Waals surface area (Å²) in [6.07, 6.45) is 3.54. The monoisotopic (exact) mass is 246 g/mol. The van der Waals surface area contributed by atoms with Crippen LogP contribution in [0.2, 0.25) is 0 Å². The second kappa shape index (κ2) is 4.07. The smallest absolute Gasteiger partial charge is 0.228 e. The molecule has 4 nitrogen and oxygen atoms in total. The van der Waals surface area contributed by atoms with E-state index in [0.717, 1.165) is 36.1 Å². The molecule has 1 fully saturated rings. The average molecular weight is 246 g/mol.